The van der Waals surface area contributed by atoms with Gasteiger partial charge in [-0.15, -0.1) is 0 Å². The third-order valence-electron chi connectivity index (χ3n) is 4.68. The van der Waals surface area contributed by atoms with E-state index in [1.54, 1.807) is 24.3 Å². The topological polar surface area (TPSA) is 102 Å². The molecule has 33 heavy (non-hydrogen) atoms. The van der Waals surface area contributed by atoms with Crippen molar-refractivity contribution in [1.29, 1.82) is 0 Å². The minimum Gasteiger partial charge on any atom is -0.494 e. The van der Waals surface area contributed by atoms with Crippen molar-refractivity contribution in [1.82, 2.24) is 25.1 Å². The molecule has 0 aliphatic rings. The van der Waals surface area contributed by atoms with E-state index in [-0.39, 0.29) is 28.8 Å². The SMILES string of the molecule is CCOc1ccc(-n2c(SCC(=O)NCc3ccc(F)cc3Cl)nc3[nH]ncc3c2=O)cc1. The van der Waals surface area contributed by atoms with Gasteiger partial charge in [-0.05, 0) is 48.9 Å². The van der Waals surface area contributed by atoms with Crippen LogP contribution in [0.2, 0.25) is 5.02 Å². The van der Waals surface area contributed by atoms with Crippen LogP contribution in [0.15, 0.2) is 58.6 Å². The molecule has 0 atom stereocenters. The van der Waals surface area contributed by atoms with Gasteiger partial charge in [0, 0.05) is 11.6 Å². The van der Waals surface area contributed by atoms with Crippen LogP contribution < -0.4 is 15.6 Å². The molecule has 4 rings (SSSR count). The number of amides is 1. The van der Waals surface area contributed by atoms with Gasteiger partial charge in [-0.3, -0.25) is 19.3 Å². The monoisotopic (exact) mass is 487 g/mol. The molecule has 0 unspecified atom stereocenters. The zero-order chi connectivity index (χ0) is 23.4. The van der Waals surface area contributed by atoms with Crippen LogP contribution in [-0.2, 0) is 11.3 Å². The van der Waals surface area contributed by atoms with Crippen LogP contribution in [0.1, 0.15) is 12.5 Å². The molecular formula is C22H19ClFN5O3S. The van der Waals surface area contributed by atoms with E-state index in [1.165, 1.54) is 29.0 Å². The number of hydrogen-bond acceptors (Lipinski definition) is 6. The summed E-state index contributed by atoms with van der Waals surface area (Å²) in [6, 6.07) is 11.0. The first kappa shape index (κ1) is 22.8. The van der Waals surface area contributed by atoms with Crippen LogP contribution in [0.4, 0.5) is 4.39 Å². The highest BCUT2D eigenvalue weighted by molar-refractivity contribution is 7.99. The average Bonchev–Trinajstić information content (AvgIpc) is 3.27. The molecule has 8 nitrogen and oxygen atoms in total. The number of halogens is 2. The number of nitrogens with zero attached hydrogens (tertiary/aromatic N) is 3. The van der Waals surface area contributed by atoms with Crippen molar-refractivity contribution in [3.63, 3.8) is 0 Å². The number of thioether (sulfide) groups is 1. The van der Waals surface area contributed by atoms with E-state index < -0.39 is 5.82 Å². The summed E-state index contributed by atoms with van der Waals surface area (Å²) in [6.45, 7) is 2.57. The second-order valence-corrected chi connectivity index (χ2v) is 8.24. The normalized spacial score (nSPS) is 11.0. The molecule has 0 saturated carbocycles. The van der Waals surface area contributed by atoms with Crippen molar-refractivity contribution in [2.75, 3.05) is 12.4 Å². The van der Waals surface area contributed by atoms with E-state index in [0.29, 0.717) is 39.8 Å². The van der Waals surface area contributed by atoms with E-state index >= 15 is 0 Å². The van der Waals surface area contributed by atoms with Crippen molar-refractivity contribution in [2.24, 2.45) is 0 Å². The van der Waals surface area contributed by atoms with Gasteiger partial charge in [0.05, 0.1) is 24.2 Å². The van der Waals surface area contributed by atoms with E-state index in [1.807, 2.05) is 6.92 Å². The fourth-order valence-corrected chi connectivity index (χ4v) is 4.17. The van der Waals surface area contributed by atoms with Crippen molar-refractivity contribution >= 4 is 40.3 Å². The van der Waals surface area contributed by atoms with Gasteiger partial charge in [-0.25, -0.2) is 9.37 Å². The number of H-pyrrole nitrogens is 1. The van der Waals surface area contributed by atoms with Crippen molar-refractivity contribution in [3.8, 4) is 11.4 Å². The Morgan fingerprint density at radius 3 is 2.79 bits per heavy atom. The Morgan fingerprint density at radius 2 is 2.06 bits per heavy atom. The number of aromatic amines is 1. The number of fused-ring (bicyclic) bond motifs is 1. The number of nitrogens with one attached hydrogen (secondary N) is 2. The summed E-state index contributed by atoms with van der Waals surface area (Å²) in [4.78, 5) is 30.0. The molecular weight excluding hydrogens is 469 g/mol. The molecule has 0 saturated heterocycles. The van der Waals surface area contributed by atoms with Gasteiger partial charge < -0.3 is 10.1 Å². The average molecular weight is 488 g/mol. The fraction of sp³-hybridized carbons (Fsp3) is 0.182. The molecule has 4 aromatic rings. The summed E-state index contributed by atoms with van der Waals surface area (Å²) in [5.41, 5.74) is 1.21. The zero-order valence-corrected chi connectivity index (χ0v) is 19.0. The number of benzene rings is 2. The standard InChI is InChI=1S/C22H19ClFN5O3S/c1-2-32-16-7-5-15(6-8-16)29-21(31)17-11-26-28-20(17)27-22(29)33-12-19(30)25-10-13-3-4-14(24)9-18(13)23/h3-9,11H,2,10,12H2,1H3,(H,25,30)(H,26,28). The molecule has 0 aliphatic carbocycles. The van der Waals surface area contributed by atoms with E-state index in [4.69, 9.17) is 16.3 Å². The predicted molar refractivity (Wildman–Crippen MR) is 125 cm³/mol. The minimum atomic E-state index is -0.446. The smallest absolute Gasteiger partial charge is 0.269 e. The Morgan fingerprint density at radius 1 is 1.27 bits per heavy atom. The summed E-state index contributed by atoms with van der Waals surface area (Å²) >= 11 is 7.11. The maximum absolute atomic E-state index is 13.2. The Balaban J connectivity index is 1.54. The molecule has 0 bridgehead atoms. The first-order chi connectivity index (χ1) is 16.0. The Hall–Kier alpha value is -3.37. The lowest BCUT2D eigenvalue weighted by Gasteiger charge is -2.13. The molecule has 2 aromatic heterocycles. The van der Waals surface area contributed by atoms with Crippen LogP contribution >= 0.6 is 23.4 Å². The summed E-state index contributed by atoms with van der Waals surface area (Å²) in [7, 11) is 0. The summed E-state index contributed by atoms with van der Waals surface area (Å²) in [6.07, 6.45) is 1.42. The molecule has 0 spiro atoms. The maximum Gasteiger partial charge on any atom is 0.269 e. The molecule has 0 aliphatic heterocycles. The summed E-state index contributed by atoms with van der Waals surface area (Å²) in [5, 5.41) is 10.2. The van der Waals surface area contributed by atoms with Gasteiger partial charge in [0.25, 0.3) is 5.56 Å². The number of ether oxygens (including phenoxy) is 1. The lowest BCUT2D eigenvalue weighted by atomic mass is 10.2. The van der Waals surface area contributed by atoms with Crippen LogP contribution in [0.25, 0.3) is 16.7 Å². The lowest BCUT2D eigenvalue weighted by molar-refractivity contribution is -0.118. The first-order valence-electron chi connectivity index (χ1n) is 9.99. The van der Waals surface area contributed by atoms with Crippen LogP contribution in [0.3, 0.4) is 0 Å². The van der Waals surface area contributed by atoms with Crippen molar-refractivity contribution < 1.29 is 13.9 Å². The Bertz CT molecular complexity index is 1360. The fourth-order valence-electron chi connectivity index (χ4n) is 3.10. The van der Waals surface area contributed by atoms with Gasteiger partial charge in [-0.1, -0.05) is 29.4 Å². The number of carbonyl (C=O) groups is 1. The molecule has 2 aromatic carbocycles. The van der Waals surface area contributed by atoms with Crippen molar-refractivity contribution in [3.05, 3.63) is 75.4 Å². The molecule has 2 heterocycles. The largest absolute Gasteiger partial charge is 0.494 e. The second kappa shape index (κ2) is 10.1. The number of hydrogen-bond donors (Lipinski definition) is 2. The number of aromatic nitrogens is 4. The van der Waals surface area contributed by atoms with Gasteiger partial charge in [0.1, 0.15) is 17.0 Å². The summed E-state index contributed by atoms with van der Waals surface area (Å²) in [5.74, 6) is -0.0579. The highest BCUT2D eigenvalue weighted by atomic mass is 35.5. The molecule has 170 valence electrons. The first-order valence-corrected chi connectivity index (χ1v) is 11.4. The highest BCUT2D eigenvalue weighted by Gasteiger charge is 2.16. The molecule has 0 fully saturated rings. The maximum atomic E-state index is 13.2. The van der Waals surface area contributed by atoms with Gasteiger partial charge in [0.2, 0.25) is 5.91 Å². The molecule has 0 radical (unpaired) electrons. The summed E-state index contributed by atoms with van der Waals surface area (Å²) < 4.78 is 20.1. The third kappa shape index (κ3) is 5.18. The predicted octanol–water partition coefficient (Wildman–Crippen LogP) is 3.71. The van der Waals surface area contributed by atoms with Gasteiger partial charge >= 0.3 is 0 Å². The van der Waals surface area contributed by atoms with Crippen LogP contribution in [-0.4, -0.2) is 38.0 Å². The van der Waals surface area contributed by atoms with E-state index in [0.717, 1.165) is 11.8 Å². The Labute approximate surface area is 197 Å². The third-order valence-corrected chi connectivity index (χ3v) is 5.97. The molecule has 1 amide bonds. The minimum absolute atomic E-state index is 0.00191. The zero-order valence-electron chi connectivity index (χ0n) is 17.5. The van der Waals surface area contributed by atoms with E-state index in [2.05, 4.69) is 20.5 Å². The molecule has 2 N–H and O–H groups in total. The van der Waals surface area contributed by atoms with Crippen LogP contribution in [0, 0.1) is 5.82 Å². The quantitative estimate of drug-likeness (QED) is 0.290. The Kier molecular flexibility index (Phi) is 6.95. The lowest BCUT2D eigenvalue weighted by Crippen LogP contribution is -2.26. The molecule has 11 heteroatoms. The highest BCUT2D eigenvalue weighted by Crippen LogP contribution is 2.22. The number of carbonyl (C=O) groups excluding carboxylic acids is 1. The van der Waals surface area contributed by atoms with Crippen molar-refractivity contribution in [2.45, 2.75) is 18.6 Å². The van der Waals surface area contributed by atoms with Crippen LogP contribution in [0.5, 0.6) is 5.75 Å². The number of rotatable bonds is 8. The van der Waals surface area contributed by atoms with Gasteiger partial charge in [0.15, 0.2) is 10.8 Å². The second-order valence-electron chi connectivity index (χ2n) is 6.90. The van der Waals surface area contributed by atoms with E-state index in [9.17, 15) is 14.0 Å². The van der Waals surface area contributed by atoms with Gasteiger partial charge in [-0.2, -0.15) is 5.10 Å².